The number of piperidine rings is 1. The van der Waals surface area contributed by atoms with Crippen molar-refractivity contribution in [2.24, 2.45) is 7.05 Å². The molecule has 0 radical (unpaired) electrons. The number of nitrogens with zero attached hydrogens (tertiary/aromatic N) is 4. The second-order valence-corrected chi connectivity index (χ2v) is 7.90. The van der Waals surface area contributed by atoms with Gasteiger partial charge < -0.3 is 14.6 Å². The highest BCUT2D eigenvalue weighted by atomic mass is 16.5. The molecule has 2 aliphatic heterocycles. The number of nitrogens with one attached hydrogen (secondary N) is 1. The van der Waals surface area contributed by atoms with E-state index < -0.39 is 0 Å². The number of fused-ring (bicyclic) bond motifs is 3. The highest BCUT2D eigenvalue weighted by molar-refractivity contribution is 6.07. The van der Waals surface area contributed by atoms with Crippen LogP contribution in [0.25, 0.3) is 16.7 Å². The lowest BCUT2D eigenvalue weighted by Gasteiger charge is -2.46. The standard InChI is InChI=1S/C21H25N5O2/c1-24-15-9-14(10-16(24)13-28-12-15)23-21(27)18-11-26(20-7-8-22-25(20)2)19-6-4-3-5-17(18)19/h3-8,11,14-16H,9-10,12-13H2,1-2H3,(H,23,27)/t14-,15-,16+. The third-order valence-electron chi connectivity index (χ3n) is 6.22. The third kappa shape index (κ3) is 2.82. The van der Waals surface area contributed by atoms with Gasteiger partial charge in [-0.25, -0.2) is 0 Å². The Morgan fingerprint density at radius 1 is 1.14 bits per heavy atom. The van der Waals surface area contributed by atoms with Crippen LogP contribution in [0.15, 0.2) is 42.7 Å². The van der Waals surface area contributed by atoms with Gasteiger partial charge in [0.25, 0.3) is 5.91 Å². The molecule has 0 saturated carbocycles. The molecule has 2 fully saturated rings. The molecule has 7 nitrogen and oxygen atoms in total. The number of hydrogen-bond donors (Lipinski definition) is 1. The maximum Gasteiger partial charge on any atom is 0.253 e. The molecular formula is C21H25N5O2. The van der Waals surface area contributed by atoms with Crippen LogP contribution in [0.2, 0.25) is 0 Å². The van der Waals surface area contributed by atoms with Crippen molar-refractivity contribution in [2.45, 2.75) is 31.0 Å². The minimum Gasteiger partial charge on any atom is -0.378 e. The fraction of sp³-hybridized carbons (Fsp3) is 0.429. The number of morpholine rings is 1. The molecule has 146 valence electrons. The largest absolute Gasteiger partial charge is 0.378 e. The fourth-order valence-corrected chi connectivity index (χ4v) is 4.63. The van der Waals surface area contributed by atoms with Crippen LogP contribution in [0.1, 0.15) is 23.2 Å². The molecule has 0 aliphatic carbocycles. The summed E-state index contributed by atoms with van der Waals surface area (Å²) in [6.07, 6.45) is 5.55. The Kier molecular flexibility index (Phi) is 4.21. The summed E-state index contributed by atoms with van der Waals surface area (Å²) in [5.41, 5.74) is 1.71. The summed E-state index contributed by atoms with van der Waals surface area (Å²) in [7, 11) is 4.07. The van der Waals surface area contributed by atoms with Crippen molar-refractivity contribution in [1.29, 1.82) is 0 Å². The summed E-state index contributed by atoms with van der Waals surface area (Å²) in [5.74, 6) is 0.923. The van der Waals surface area contributed by atoms with Crippen molar-refractivity contribution < 1.29 is 9.53 Å². The van der Waals surface area contributed by atoms with Crippen LogP contribution in [0.3, 0.4) is 0 Å². The number of hydrogen-bond acceptors (Lipinski definition) is 4. The Balaban J connectivity index is 1.45. The summed E-state index contributed by atoms with van der Waals surface area (Å²) >= 11 is 0. The quantitative estimate of drug-likeness (QED) is 0.756. The van der Waals surface area contributed by atoms with E-state index in [0.717, 1.165) is 42.8 Å². The smallest absolute Gasteiger partial charge is 0.253 e. The Morgan fingerprint density at radius 3 is 2.61 bits per heavy atom. The fourth-order valence-electron chi connectivity index (χ4n) is 4.63. The van der Waals surface area contributed by atoms with Crippen molar-refractivity contribution in [3.8, 4) is 5.82 Å². The number of carbonyl (C=O) groups excluding carboxylic acids is 1. The number of aromatic nitrogens is 3. The van der Waals surface area contributed by atoms with Crippen molar-refractivity contribution in [2.75, 3.05) is 20.3 Å². The second kappa shape index (κ2) is 6.76. The lowest BCUT2D eigenvalue weighted by Crippen LogP contribution is -2.59. The molecule has 1 amide bonds. The van der Waals surface area contributed by atoms with Gasteiger partial charge in [-0.2, -0.15) is 5.10 Å². The van der Waals surface area contributed by atoms with E-state index in [4.69, 9.17) is 4.74 Å². The van der Waals surface area contributed by atoms with E-state index in [1.807, 2.05) is 52.8 Å². The molecule has 1 N–H and O–H groups in total. The Bertz CT molecular complexity index is 1010. The van der Waals surface area contributed by atoms with Crippen molar-refractivity contribution >= 4 is 16.8 Å². The first-order chi connectivity index (χ1) is 13.6. The predicted octanol–water partition coefficient (Wildman–Crippen LogP) is 1.96. The molecule has 2 aromatic heterocycles. The summed E-state index contributed by atoms with van der Waals surface area (Å²) in [6, 6.07) is 10.9. The van der Waals surface area contributed by atoms with E-state index >= 15 is 0 Å². The van der Waals surface area contributed by atoms with Crippen molar-refractivity contribution in [3.63, 3.8) is 0 Å². The lowest BCUT2D eigenvalue weighted by atomic mass is 9.90. The second-order valence-electron chi connectivity index (χ2n) is 7.90. The molecular weight excluding hydrogens is 354 g/mol. The number of para-hydroxylation sites is 1. The van der Waals surface area contributed by atoms with Gasteiger partial charge in [-0.1, -0.05) is 18.2 Å². The van der Waals surface area contributed by atoms with Gasteiger partial charge in [0, 0.05) is 42.8 Å². The van der Waals surface area contributed by atoms with Crippen LogP contribution in [-0.4, -0.2) is 63.5 Å². The molecule has 28 heavy (non-hydrogen) atoms. The van der Waals surface area contributed by atoms with Gasteiger partial charge in [0.2, 0.25) is 0 Å². The Labute approximate surface area is 163 Å². The molecule has 4 heterocycles. The average molecular weight is 379 g/mol. The minimum atomic E-state index is -0.00865. The summed E-state index contributed by atoms with van der Waals surface area (Å²) < 4.78 is 9.54. The highest BCUT2D eigenvalue weighted by Crippen LogP contribution is 2.28. The van der Waals surface area contributed by atoms with Gasteiger partial charge in [-0.05, 0) is 26.0 Å². The van der Waals surface area contributed by atoms with Crippen LogP contribution < -0.4 is 5.32 Å². The molecule has 2 aliphatic rings. The van der Waals surface area contributed by atoms with Gasteiger partial charge in [-0.15, -0.1) is 0 Å². The summed E-state index contributed by atoms with van der Waals surface area (Å²) in [4.78, 5) is 15.6. The zero-order valence-corrected chi connectivity index (χ0v) is 16.2. The first-order valence-corrected chi connectivity index (χ1v) is 9.81. The van der Waals surface area contributed by atoms with E-state index in [-0.39, 0.29) is 11.9 Å². The van der Waals surface area contributed by atoms with Crippen molar-refractivity contribution in [3.05, 3.63) is 48.3 Å². The molecule has 2 saturated heterocycles. The highest BCUT2D eigenvalue weighted by Gasteiger charge is 2.37. The molecule has 1 aromatic carbocycles. The third-order valence-corrected chi connectivity index (χ3v) is 6.22. The molecule has 0 unspecified atom stereocenters. The van der Waals surface area contributed by atoms with Crippen LogP contribution in [0.4, 0.5) is 0 Å². The Morgan fingerprint density at radius 2 is 1.89 bits per heavy atom. The first-order valence-electron chi connectivity index (χ1n) is 9.81. The minimum absolute atomic E-state index is 0.00865. The van der Waals surface area contributed by atoms with E-state index in [9.17, 15) is 4.79 Å². The van der Waals surface area contributed by atoms with Gasteiger partial charge in [-0.3, -0.25) is 14.4 Å². The molecule has 5 rings (SSSR count). The van der Waals surface area contributed by atoms with Gasteiger partial charge in [0.1, 0.15) is 5.82 Å². The van der Waals surface area contributed by atoms with E-state index in [2.05, 4.69) is 22.4 Å². The molecule has 3 aromatic rings. The molecule has 0 spiro atoms. The van der Waals surface area contributed by atoms with E-state index in [1.54, 1.807) is 6.20 Å². The maximum atomic E-state index is 13.2. The zero-order chi connectivity index (χ0) is 19.3. The summed E-state index contributed by atoms with van der Waals surface area (Å²) in [6.45, 7) is 1.50. The van der Waals surface area contributed by atoms with Gasteiger partial charge >= 0.3 is 0 Å². The zero-order valence-electron chi connectivity index (χ0n) is 16.2. The monoisotopic (exact) mass is 379 g/mol. The van der Waals surface area contributed by atoms with Crippen LogP contribution >= 0.6 is 0 Å². The molecule has 7 heteroatoms. The average Bonchev–Trinajstić information content (AvgIpc) is 3.26. The van der Waals surface area contributed by atoms with E-state index in [0.29, 0.717) is 17.6 Å². The topological polar surface area (TPSA) is 64.3 Å². The Hall–Kier alpha value is -2.64. The number of amides is 1. The first kappa shape index (κ1) is 17.5. The van der Waals surface area contributed by atoms with Crippen molar-refractivity contribution in [1.82, 2.24) is 24.6 Å². The number of benzene rings is 1. The van der Waals surface area contributed by atoms with Gasteiger partial charge in [0.05, 0.1) is 30.5 Å². The van der Waals surface area contributed by atoms with E-state index in [1.165, 1.54) is 0 Å². The molecule has 3 atom stereocenters. The lowest BCUT2D eigenvalue weighted by molar-refractivity contribution is -0.0670. The normalized spacial score (nSPS) is 25.1. The number of rotatable bonds is 3. The van der Waals surface area contributed by atoms with Gasteiger partial charge in [0.15, 0.2) is 0 Å². The SMILES string of the molecule is CN1[C@@H]2COC[C@H]1C[C@@H](NC(=O)c1cn(-c3ccnn3C)c3ccccc13)C2. The van der Waals surface area contributed by atoms with Crippen LogP contribution in [0.5, 0.6) is 0 Å². The molecule has 2 bridgehead atoms. The maximum absolute atomic E-state index is 13.2. The summed E-state index contributed by atoms with van der Waals surface area (Å²) in [5, 5.41) is 8.51. The predicted molar refractivity (Wildman–Crippen MR) is 107 cm³/mol. The number of carbonyl (C=O) groups is 1. The van der Waals surface area contributed by atoms with Crippen LogP contribution in [0, 0.1) is 0 Å². The van der Waals surface area contributed by atoms with Crippen LogP contribution in [-0.2, 0) is 11.8 Å². The number of likely N-dealkylation sites (N-methyl/N-ethyl adjacent to an activating group) is 1. The number of aryl methyl sites for hydroxylation is 1. The number of ether oxygens (including phenoxy) is 1.